The minimum absolute atomic E-state index is 0.336. The maximum Gasteiger partial charge on any atom is 0.331 e. The lowest BCUT2D eigenvalue weighted by molar-refractivity contribution is -0.137. The topological polar surface area (TPSA) is 48.4 Å². The maximum absolute atomic E-state index is 11.8. The summed E-state index contributed by atoms with van der Waals surface area (Å²) in [7, 11) is 1.61. The molecule has 0 radical (unpaired) electrons. The lowest BCUT2D eigenvalue weighted by Crippen LogP contribution is -2.02. The van der Waals surface area contributed by atoms with Crippen LogP contribution in [-0.2, 0) is 9.53 Å². The van der Waals surface area contributed by atoms with Crippen LogP contribution in [0.25, 0.3) is 5.57 Å². The number of nitrogens with zero attached hydrogens (tertiary/aromatic N) is 1. The van der Waals surface area contributed by atoms with Gasteiger partial charge in [0.15, 0.2) is 0 Å². The van der Waals surface area contributed by atoms with Crippen LogP contribution in [0.2, 0.25) is 0 Å². The molecule has 0 amide bonds. The third-order valence-corrected chi connectivity index (χ3v) is 2.87. The zero-order chi connectivity index (χ0) is 15.1. The summed E-state index contributed by atoms with van der Waals surface area (Å²) in [4.78, 5) is 16.1. The Kier molecular flexibility index (Phi) is 5.10. The summed E-state index contributed by atoms with van der Waals surface area (Å²) in [5.41, 5.74) is 2.26. The summed E-state index contributed by atoms with van der Waals surface area (Å²) in [5.74, 6) is 0.333. The van der Waals surface area contributed by atoms with Crippen LogP contribution >= 0.6 is 0 Å². The average molecular weight is 283 g/mol. The molecule has 0 saturated carbocycles. The minimum atomic E-state index is -0.388. The Labute approximate surface area is 124 Å². The van der Waals surface area contributed by atoms with E-state index in [-0.39, 0.29) is 5.97 Å². The average Bonchev–Trinajstić information content (AvgIpc) is 2.54. The predicted molar refractivity (Wildman–Crippen MR) is 80.9 cm³/mol. The minimum Gasteiger partial charge on any atom is -0.497 e. The lowest BCUT2D eigenvalue weighted by atomic mass is 10.0. The van der Waals surface area contributed by atoms with Gasteiger partial charge in [-0.05, 0) is 36.8 Å². The van der Waals surface area contributed by atoms with E-state index in [4.69, 9.17) is 9.47 Å². The normalized spacial score (nSPS) is 11.0. The number of pyridine rings is 1. The highest BCUT2D eigenvalue weighted by molar-refractivity contribution is 5.95. The standard InChI is InChI=1S/C17H17NO3/c1-3-21-17(19)12-15(16-9-4-5-10-18-16)13-7-6-8-14(11-13)20-2/h4-12H,3H2,1-2H3. The van der Waals surface area contributed by atoms with Gasteiger partial charge in [-0.2, -0.15) is 0 Å². The molecule has 0 aliphatic rings. The summed E-state index contributed by atoms with van der Waals surface area (Å²) < 4.78 is 10.2. The van der Waals surface area contributed by atoms with Crippen LogP contribution in [0.4, 0.5) is 0 Å². The van der Waals surface area contributed by atoms with Gasteiger partial charge in [0.25, 0.3) is 0 Å². The summed E-state index contributed by atoms with van der Waals surface area (Å²) >= 11 is 0. The fourth-order valence-electron chi connectivity index (χ4n) is 1.92. The van der Waals surface area contributed by atoms with E-state index < -0.39 is 0 Å². The molecule has 4 nitrogen and oxygen atoms in total. The number of methoxy groups -OCH3 is 1. The lowest BCUT2D eigenvalue weighted by Gasteiger charge is -2.09. The Bertz CT molecular complexity index is 635. The van der Waals surface area contributed by atoms with Crippen molar-refractivity contribution in [2.45, 2.75) is 6.92 Å². The Morgan fingerprint density at radius 1 is 1.24 bits per heavy atom. The van der Waals surface area contributed by atoms with Gasteiger partial charge < -0.3 is 9.47 Å². The summed E-state index contributed by atoms with van der Waals surface area (Å²) in [6.45, 7) is 2.11. The van der Waals surface area contributed by atoms with Crippen molar-refractivity contribution in [3.8, 4) is 5.75 Å². The molecule has 21 heavy (non-hydrogen) atoms. The van der Waals surface area contributed by atoms with E-state index in [1.165, 1.54) is 6.08 Å². The molecule has 1 aromatic carbocycles. The molecule has 1 aromatic heterocycles. The van der Waals surface area contributed by atoms with E-state index in [0.29, 0.717) is 17.9 Å². The van der Waals surface area contributed by atoms with Crippen LogP contribution < -0.4 is 4.74 Å². The van der Waals surface area contributed by atoms with Crippen LogP contribution in [0.1, 0.15) is 18.2 Å². The Hall–Kier alpha value is -2.62. The van der Waals surface area contributed by atoms with Crippen molar-refractivity contribution in [3.63, 3.8) is 0 Å². The third kappa shape index (κ3) is 3.92. The van der Waals surface area contributed by atoms with Crippen LogP contribution in [0, 0.1) is 0 Å². The largest absolute Gasteiger partial charge is 0.497 e. The molecule has 0 atom stereocenters. The first-order valence-corrected chi connectivity index (χ1v) is 6.69. The van der Waals surface area contributed by atoms with Crippen molar-refractivity contribution in [2.75, 3.05) is 13.7 Å². The zero-order valence-electron chi connectivity index (χ0n) is 12.1. The highest BCUT2D eigenvalue weighted by Crippen LogP contribution is 2.25. The van der Waals surface area contributed by atoms with Crippen LogP contribution in [0.5, 0.6) is 5.75 Å². The van der Waals surface area contributed by atoms with E-state index in [0.717, 1.165) is 11.3 Å². The predicted octanol–water partition coefficient (Wildman–Crippen LogP) is 3.09. The van der Waals surface area contributed by atoms with E-state index in [2.05, 4.69) is 4.98 Å². The first-order chi connectivity index (χ1) is 10.2. The molecule has 0 aliphatic carbocycles. The van der Waals surface area contributed by atoms with E-state index in [1.54, 1.807) is 20.2 Å². The molecule has 108 valence electrons. The van der Waals surface area contributed by atoms with Gasteiger partial charge in [0, 0.05) is 17.8 Å². The molecule has 0 unspecified atom stereocenters. The molecular weight excluding hydrogens is 266 g/mol. The van der Waals surface area contributed by atoms with Crippen molar-refractivity contribution >= 4 is 11.5 Å². The SMILES string of the molecule is CCOC(=O)C=C(c1cccc(OC)c1)c1ccccn1. The Balaban J connectivity index is 2.47. The number of hydrogen-bond acceptors (Lipinski definition) is 4. The fourth-order valence-corrected chi connectivity index (χ4v) is 1.92. The number of hydrogen-bond donors (Lipinski definition) is 0. The highest BCUT2D eigenvalue weighted by Gasteiger charge is 2.10. The number of ether oxygens (including phenoxy) is 2. The first-order valence-electron chi connectivity index (χ1n) is 6.69. The van der Waals surface area contributed by atoms with E-state index in [9.17, 15) is 4.79 Å². The third-order valence-electron chi connectivity index (χ3n) is 2.87. The number of aromatic nitrogens is 1. The second-order valence-electron chi connectivity index (χ2n) is 4.26. The Morgan fingerprint density at radius 3 is 2.76 bits per heavy atom. The molecule has 0 bridgehead atoms. The van der Waals surface area contributed by atoms with Gasteiger partial charge in [-0.3, -0.25) is 4.98 Å². The van der Waals surface area contributed by atoms with Crippen molar-refractivity contribution in [1.29, 1.82) is 0 Å². The van der Waals surface area contributed by atoms with Crippen molar-refractivity contribution in [2.24, 2.45) is 0 Å². The van der Waals surface area contributed by atoms with Crippen molar-refractivity contribution < 1.29 is 14.3 Å². The monoisotopic (exact) mass is 283 g/mol. The molecule has 4 heteroatoms. The number of carbonyl (C=O) groups excluding carboxylic acids is 1. The molecule has 0 saturated heterocycles. The van der Waals surface area contributed by atoms with E-state index in [1.807, 2.05) is 42.5 Å². The number of rotatable bonds is 5. The smallest absolute Gasteiger partial charge is 0.331 e. The molecule has 1 heterocycles. The van der Waals surface area contributed by atoms with Crippen LogP contribution in [0.3, 0.4) is 0 Å². The molecule has 2 rings (SSSR count). The van der Waals surface area contributed by atoms with Crippen molar-refractivity contribution in [3.05, 3.63) is 66.0 Å². The van der Waals surface area contributed by atoms with Gasteiger partial charge in [-0.25, -0.2) is 4.79 Å². The highest BCUT2D eigenvalue weighted by atomic mass is 16.5. The second kappa shape index (κ2) is 7.24. The van der Waals surface area contributed by atoms with Gasteiger partial charge in [-0.1, -0.05) is 18.2 Å². The fraction of sp³-hybridized carbons (Fsp3) is 0.176. The van der Waals surface area contributed by atoms with Gasteiger partial charge in [0.2, 0.25) is 0 Å². The molecule has 0 fully saturated rings. The molecule has 0 N–H and O–H groups in total. The van der Waals surface area contributed by atoms with Gasteiger partial charge in [-0.15, -0.1) is 0 Å². The van der Waals surface area contributed by atoms with Crippen LogP contribution in [0.15, 0.2) is 54.7 Å². The quantitative estimate of drug-likeness (QED) is 0.625. The number of carbonyl (C=O) groups is 1. The maximum atomic E-state index is 11.8. The Morgan fingerprint density at radius 2 is 2.10 bits per heavy atom. The number of benzene rings is 1. The number of esters is 1. The molecular formula is C17H17NO3. The van der Waals surface area contributed by atoms with Crippen LogP contribution in [-0.4, -0.2) is 24.7 Å². The summed E-state index contributed by atoms with van der Waals surface area (Å²) in [6.07, 6.45) is 3.15. The van der Waals surface area contributed by atoms with Gasteiger partial charge in [0.1, 0.15) is 5.75 Å². The molecule has 0 aliphatic heterocycles. The molecule has 2 aromatic rings. The first kappa shape index (κ1) is 14.8. The van der Waals surface area contributed by atoms with E-state index >= 15 is 0 Å². The summed E-state index contributed by atoms with van der Waals surface area (Å²) in [5, 5.41) is 0. The van der Waals surface area contributed by atoms with Gasteiger partial charge >= 0.3 is 5.97 Å². The van der Waals surface area contributed by atoms with Crippen molar-refractivity contribution in [1.82, 2.24) is 4.98 Å². The summed E-state index contributed by atoms with van der Waals surface area (Å²) in [6, 6.07) is 13.0. The van der Waals surface area contributed by atoms with Gasteiger partial charge in [0.05, 0.1) is 19.4 Å². The zero-order valence-corrected chi connectivity index (χ0v) is 12.1. The second-order valence-corrected chi connectivity index (χ2v) is 4.26. The molecule has 0 spiro atoms.